The molecule has 1 aromatic carbocycles. The summed E-state index contributed by atoms with van der Waals surface area (Å²) in [6.45, 7) is 1.66. The first-order valence-electron chi connectivity index (χ1n) is 6.66. The van der Waals surface area contributed by atoms with Crippen LogP contribution >= 0.6 is 11.8 Å². The van der Waals surface area contributed by atoms with E-state index >= 15 is 0 Å². The van der Waals surface area contributed by atoms with Gasteiger partial charge in [-0.15, -0.1) is 0 Å². The third-order valence-corrected chi connectivity index (χ3v) is 3.63. The maximum atomic E-state index is 13.1. The summed E-state index contributed by atoms with van der Waals surface area (Å²) in [5.41, 5.74) is 1.08. The molecule has 0 aliphatic rings. The Kier molecular flexibility index (Phi) is 8.28. The lowest BCUT2D eigenvalue weighted by atomic mass is 10.1. The minimum absolute atomic E-state index is 0.122. The smallest absolute Gasteiger partial charge is 0.140 e. The zero-order valence-electron chi connectivity index (χ0n) is 11.4. The van der Waals surface area contributed by atoms with E-state index in [1.54, 1.807) is 12.1 Å². The minimum Gasteiger partial charge on any atom is -0.313 e. The van der Waals surface area contributed by atoms with Crippen LogP contribution in [0, 0.1) is 17.1 Å². The molecule has 19 heavy (non-hydrogen) atoms. The van der Waals surface area contributed by atoms with Crippen molar-refractivity contribution in [2.24, 2.45) is 0 Å². The van der Waals surface area contributed by atoms with Gasteiger partial charge in [-0.2, -0.15) is 17.0 Å². The SMILES string of the molecule is CSCCCCCCNCc1ccc(F)c(C#N)c1. The van der Waals surface area contributed by atoms with Crippen LogP contribution in [0.2, 0.25) is 0 Å². The van der Waals surface area contributed by atoms with Crippen LogP contribution in [0.15, 0.2) is 18.2 Å². The highest BCUT2D eigenvalue weighted by atomic mass is 32.2. The Balaban J connectivity index is 2.14. The van der Waals surface area contributed by atoms with E-state index < -0.39 is 5.82 Å². The second-order valence-electron chi connectivity index (χ2n) is 4.51. The van der Waals surface area contributed by atoms with Crippen LogP contribution in [0.25, 0.3) is 0 Å². The van der Waals surface area contributed by atoms with Gasteiger partial charge in [0.1, 0.15) is 11.9 Å². The van der Waals surface area contributed by atoms with Crippen molar-refractivity contribution in [1.29, 1.82) is 5.26 Å². The number of thioether (sulfide) groups is 1. The van der Waals surface area contributed by atoms with Crippen LogP contribution in [0.4, 0.5) is 4.39 Å². The topological polar surface area (TPSA) is 35.8 Å². The predicted molar refractivity (Wildman–Crippen MR) is 79.7 cm³/mol. The molecule has 1 aromatic rings. The van der Waals surface area contributed by atoms with Crippen molar-refractivity contribution in [3.63, 3.8) is 0 Å². The van der Waals surface area contributed by atoms with Crippen LogP contribution in [0.1, 0.15) is 36.8 Å². The molecule has 0 saturated heterocycles. The molecule has 1 rings (SSSR count). The zero-order valence-corrected chi connectivity index (χ0v) is 12.2. The van der Waals surface area contributed by atoms with E-state index in [1.807, 2.05) is 17.8 Å². The number of hydrogen-bond acceptors (Lipinski definition) is 3. The van der Waals surface area contributed by atoms with E-state index in [4.69, 9.17) is 5.26 Å². The van der Waals surface area contributed by atoms with Gasteiger partial charge in [0.2, 0.25) is 0 Å². The van der Waals surface area contributed by atoms with Crippen LogP contribution in [-0.4, -0.2) is 18.6 Å². The second kappa shape index (κ2) is 9.82. The normalized spacial score (nSPS) is 10.4. The second-order valence-corrected chi connectivity index (χ2v) is 5.50. The molecule has 0 amide bonds. The summed E-state index contributed by atoms with van der Waals surface area (Å²) >= 11 is 1.90. The molecule has 0 atom stereocenters. The summed E-state index contributed by atoms with van der Waals surface area (Å²) in [6.07, 6.45) is 7.14. The van der Waals surface area contributed by atoms with E-state index in [0.29, 0.717) is 6.54 Å². The maximum absolute atomic E-state index is 13.1. The number of nitrogens with zero attached hydrogens (tertiary/aromatic N) is 1. The first-order chi connectivity index (χ1) is 9.27. The number of nitriles is 1. The largest absolute Gasteiger partial charge is 0.313 e. The summed E-state index contributed by atoms with van der Waals surface area (Å²) in [6, 6.07) is 6.56. The van der Waals surface area contributed by atoms with E-state index in [-0.39, 0.29) is 5.56 Å². The van der Waals surface area contributed by atoms with Crippen LogP contribution in [0.3, 0.4) is 0 Å². The third-order valence-electron chi connectivity index (χ3n) is 2.93. The van der Waals surface area contributed by atoms with Crippen molar-refractivity contribution in [2.45, 2.75) is 32.2 Å². The summed E-state index contributed by atoms with van der Waals surface area (Å²) in [4.78, 5) is 0. The number of unbranched alkanes of at least 4 members (excludes halogenated alkanes) is 3. The Morgan fingerprint density at radius 1 is 1.26 bits per heavy atom. The van der Waals surface area contributed by atoms with Crippen molar-refractivity contribution in [2.75, 3.05) is 18.6 Å². The average Bonchev–Trinajstić information content (AvgIpc) is 2.43. The van der Waals surface area contributed by atoms with Gasteiger partial charge in [-0.05, 0) is 49.1 Å². The molecule has 0 aromatic heterocycles. The standard InChI is InChI=1S/C15H21FN2S/c1-19-9-5-3-2-4-8-18-12-13-6-7-15(16)14(10-13)11-17/h6-7,10,18H,2-5,8-9,12H2,1H3. The molecule has 0 spiro atoms. The van der Waals surface area contributed by atoms with Crippen molar-refractivity contribution < 1.29 is 4.39 Å². The highest BCUT2D eigenvalue weighted by molar-refractivity contribution is 7.98. The van der Waals surface area contributed by atoms with E-state index in [9.17, 15) is 4.39 Å². The van der Waals surface area contributed by atoms with Gasteiger partial charge in [0.05, 0.1) is 5.56 Å². The van der Waals surface area contributed by atoms with E-state index in [1.165, 1.54) is 37.5 Å². The van der Waals surface area contributed by atoms with E-state index in [2.05, 4.69) is 11.6 Å². The predicted octanol–water partition coefficient (Wildman–Crippen LogP) is 3.71. The Bertz CT molecular complexity index is 415. The van der Waals surface area contributed by atoms with Gasteiger partial charge in [-0.25, -0.2) is 4.39 Å². The number of nitrogens with one attached hydrogen (secondary N) is 1. The highest BCUT2D eigenvalue weighted by Crippen LogP contribution is 2.09. The van der Waals surface area contributed by atoms with Gasteiger partial charge in [0.25, 0.3) is 0 Å². The number of benzene rings is 1. The van der Waals surface area contributed by atoms with Gasteiger partial charge in [-0.1, -0.05) is 18.9 Å². The lowest BCUT2D eigenvalue weighted by Gasteiger charge is -2.05. The van der Waals surface area contributed by atoms with Crippen molar-refractivity contribution in [3.05, 3.63) is 35.1 Å². The molecule has 0 unspecified atom stereocenters. The molecule has 104 valence electrons. The molecular formula is C15H21FN2S. The minimum atomic E-state index is -0.444. The van der Waals surface area contributed by atoms with E-state index in [0.717, 1.165) is 12.1 Å². The summed E-state index contributed by atoms with van der Waals surface area (Å²) in [7, 11) is 0. The zero-order chi connectivity index (χ0) is 13.9. The van der Waals surface area contributed by atoms with Crippen molar-refractivity contribution in [3.8, 4) is 6.07 Å². The Morgan fingerprint density at radius 3 is 2.79 bits per heavy atom. The number of hydrogen-bond donors (Lipinski definition) is 1. The molecule has 4 heteroatoms. The fourth-order valence-electron chi connectivity index (χ4n) is 1.85. The third kappa shape index (κ3) is 6.60. The van der Waals surface area contributed by atoms with Crippen LogP contribution in [0.5, 0.6) is 0 Å². The van der Waals surface area contributed by atoms with Crippen LogP contribution < -0.4 is 5.32 Å². The monoisotopic (exact) mass is 280 g/mol. The fourth-order valence-corrected chi connectivity index (χ4v) is 2.34. The lowest BCUT2D eigenvalue weighted by molar-refractivity contribution is 0.596. The van der Waals surface area contributed by atoms with Gasteiger partial charge < -0.3 is 5.32 Å². The summed E-state index contributed by atoms with van der Waals surface area (Å²) in [5, 5.41) is 12.1. The van der Waals surface area contributed by atoms with Gasteiger partial charge in [-0.3, -0.25) is 0 Å². The lowest BCUT2D eigenvalue weighted by Crippen LogP contribution is -2.14. The van der Waals surface area contributed by atoms with Gasteiger partial charge in [0.15, 0.2) is 0 Å². The quantitative estimate of drug-likeness (QED) is 0.700. The average molecular weight is 280 g/mol. The molecule has 0 bridgehead atoms. The number of rotatable bonds is 9. The van der Waals surface area contributed by atoms with Gasteiger partial charge in [0, 0.05) is 6.54 Å². The summed E-state index contributed by atoms with van der Waals surface area (Å²) in [5.74, 6) is 0.806. The Morgan fingerprint density at radius 2 is 2.05 bits per heavy atom. The molecular weight excluding hydrogens is 259 g/mol. The fraction of sp³-hybridized carbons (Fsp3) is 0.533. The molecule has 1 N–H and O–H groups in total. The van der Waals surface area contributed by atoms with Crippen molar-refractivity contribution in [1.82, 2.24) is 5.32 Å². The Hall–Kier alpha value is -1.05. The molecule has 2 nitrogen and oxygen atoms in total. The molecule has 0 saturated carbocycles. The molecule has 0 aliphatic heterocycles. The first-order valence-corrected chi connectivity index (χ1v) is 8.05. The number of halogens is 1. The van der Waals surface area contributed by atoms with Crippen LogP contribution in [-0.2, 0) is 6.54 Å². The highest BCUT2D eigenvalue weighted by Gasteiger charge is 2.02. The first kappa shape index (κ1) is 16.0. The van der Waals surface area contributed by atoms with Gasteiger partial charge >= 0.3 is 0 Å². The molecule has 0 heterocycles. The molecule has 0 radical (unpaired) electrons. The maximum Gasteiger partial charge on any atom is 0.140 e. The van der Waals surface area contributed by atoms with Crippen molar-refractivity contribution >= 4 is 11.8 Å². The molecule has 0 aliphatic carbocycles. The Labute approximate surface area is 119 Å². The summed E-state index contributed by atoms with van der Waals surface area (Å²) < 4.78 is 13.1. The molecule has 0 fully saturated rings.